The average Bonchev–Trinajstić information content (AvgIpc) is 2.32. The Bertz CT molecular complexity index is 357. The van der Waals surface area contributed by atoms with Crippen LogP contribution < -0.4 is 5.32 Å². The van der Waals surface area contributed by atoms with Gasteiger partial charge >= 0.3 is 0 Å². The molecule has 1 aromatic carbocycles. The van der Waals surface area contributed by atoms with Crippen LogP contribution in [0.4, 0.5) is 13.2 Å². The lowest BCUT2D eigenvalue weighted by atomic mass is 10.0. The molecule has 1 atom stereocenters. The molecule has 0 aliphatic rings. The fraction of sp³-hybridized carbons (Fsp3) is 0.500. The number of aliphatic hydroxyl groups is 1. The molecule has 5 heteroatoms. The summed E-state index contributed by atoms with van der Waals surface area (Å²) in [5.74, 6) is -3.60. The van der Waals surface area contributed by atoms with Gasteiger partial charge in [-0.05, 0) is 12.5 Å². The van der Waals surface area contributed by atoms with E-state index in [0.29, 0.717) is 12.0 Å². The third-order valence-corrected chi connectivity index (χ3v) is 2.53. The number of aliphatic hydroxyl groups excluding tert-OH is 1. The molecule has 0 saturated carbocycles. The van der Waals surface area contributed by atoms with Gasteiger partial charge in [0, 0.05) is 11.6 Å². The van der Waals surface area contributed by atoms with Gasteiger partial charge in [0.25, 0.3) is 5.92 Å². The van der Waals surface area contributed by atoms with E-state index >= 15 is 0 Å². The summed E-state index contributed by atoms with van der Waals surface area (Å²) in [6, 6.07) is 5.59. The summed E-state index contributed by atoms with van der Waals surface area (Å²) in [6.07, 6.45) is 0.489. The first-order chi connectivity index (χ1) is 8.00. The van der Waals surface area contributed by atoms with Crippen molar-refractivity contribution in [2.24, 2.45) is 0 Å². The van der Waals surface area contributed by atoms with Gasteiger partial charge in [-0.1, -0.05) is 25.1 Å². The second-order valence-corrected chi connectivity index (χ2v) is 3.88. The molecule has 0 amide bonds. The molecule has 1 rings (SSSR count). The van der Waals surface area contributed by atoms with Crippen LogP contribution in [0.5, 0.6) is 0 Å². The van der Waals surface area contributed by atoms with Crippen molar-refractivity contribution in [2.45, 2.75) is 25.3 Å². The van der Waals surface area contributed by atoms with E-state index < -0.39 is 30.9 Å². The standard InChI is InChI=1S/C12H16F3NO/c1-2-11(16-7-12(14,15)8-17)9-5-3-4-6-10(9)13/h3-6,11,16-17H,2,7-8H2,1H3. The van der Waals surface area contributed by atoms with E-state index in [1.807, 2.05) is 0 Å². The van der Waals surface area contributed by atoms with Gasteiger partial charge in [-0.15, -0.1) is 0 Å². The minimum absolute atomic E-state index is 0.365. The Morgan fingerprint density at radius 1 is 1.35 bits per heavy atom. The van der Waals surface area contributed by atoms with Crippen molar-refractivity contribution < 1.29 is 18.3 Å². The first-order valence-electron chi connectivity index (χ1n) is 5.46. The molecule has 0 aliphatic heterocycles. The minimum Gasteiger partial charge on any atom is -0.390 e. The van der Waals surface area contributed by atoms with E-state index in [1.165, 1.54) is 6.07 Å². The molecule has 1 aromatic rings. The fourth-order valence-electron chi connectivity index (χ4n) is 1.56. The van der Waals surface area contributed by atoms with Crippen LogP contribution in [-0.4, -0.2) is 24.2 Å². The predicted molar refractivity (Wildman–Crippen MR) is 59.5 cm³/mol. The molecule has 0 bridgehead atoms. The highest BCUT2D eigenvalue weighted by Crippen LogP contribution is 2.21. The number of rotatable bonds is 6. The second-order valence-electron chi connectivity index (χ2n) is 3.88. The van der Waals surface area contributed by atoms with Gasteiger partial charge in [-0.2, -0.15) is 0 Å². The summed E-state index contributed by atoms with van der Waals surface area (Å²) in [5.41, 5.74) is 0.365. The maximum atomic E-state index is 13.5. The Morgan fingerprint density at radius 2 is 2.00 bits per heavy atom. The van der Waals surface area contributed by atoms with Gasteiger partial charge in [0.05, 0.1) is 6.54 Å². The second kappa shape index (κ2) is 6.02. The summed E-state index contributed by atoms with van der Waals surface area (Å²) in [6.45, 7) is -0.106. The molecular weight excluding hydrogens is 231 g/mol. The van der Waals surface area contributed by atoms with E-state index in [1.54, 1.807) is 25.1 Å². The minimum atomic E-state index is -3.18. The lowest BCUT2D eigenvalue weighted by Gasteiger charge is -2.21. The van der Waals surface area contributed by atoms with Crippen molar-refractivity contribution in [3.63, 3.8) is 0 Å². The summed E-state index contributed by atoms with van der Waals surface area (Å²) in [7, 11) is 0. The van der Waals surface area contributed by atoms with Crippen LogP contribution in [0.1, 0.15) is 24.9 Å². The molecular formula is C12H16F3NO. The van der Waals surface area contributed by atoms with Crippen molar-refractivity contribution >= 4 is 0 Å². The van der Waals surface area contributed by atoms with Crippen molar-refractivity contribution in [3.8, 4) is 0 Å². The van der Waals surface area contributed by atoms with Gasteiger partial charge in [-0.25, -0.2) is 13.2 Å². The van der Waals surface area contributed by atoms with Gasteiger partial charge in [-0.3, -0.25) is 0 Å². The third-order valence-electron chi connectivity index (χ3n) is 2.53. The van der Waals surface area contributed by atoms with Crippen LogP contribution in [-0.2, 0) is 0 Å². The molecule has 0 radical (unpaired) electrons. The number of nitrogens with one attached hydrogen (secondary N) is 1. The van der Waals surface area contributed by atoms with Crippen molar-refractivity contribution in [3.05, 3.63) is 35.6 Å². The molecule has 0 aromatic heterocycles. The molecule has 96 valence electrons. The summed E-state index contributed by atoms with van der Waals surface area (Å²) >= 11 is 0. The van der Waals surface area contributed by atoms with E-state index in [0.717, 1.165) is 0 Å². The van der Waals surface area contributed by atoms with Crippen LogP contribution in [0.3, 0.4) is 0 Å². The normalized spacial score (nSPS) is 13.7. The molecule has 2 N–H and O–H groups in total. The molecule has 1 unspecified atom stereocenters. The van der Waals surface area contributed by atoms with Gasteiger partial charge in [0.1, 0.15) is 12.4 Å². The summed E-state index contributed by atoms with van der Waals surface area (Å²) in [5, 5.41) is 11.0. The van der Waals surface area contributed by atoms with Crippen molar-refractivity contribution in [1.29, 1.82) is 0 Å². The highest BCUT2D eigenvalue weighted by Gasteiger charge is 2.28. The molecule has 2 nitrogen and oxygen atoms in total. The fourth-order valence-corrected chi connectivity index (χ4v) is 1.56. The van der Waals surface area contributed by atoms with E-state index in [-0.39, 0.29) is 0 Å². The van der Waals surface area contributed by atoms with Crippen molar-refractivity contribution in [1.82, 2.24) is 5.32 Å². The lowest BCUT2D eigenvalue weighted by molar-refractivity contribution is -0.0495. The highest BCUT2D eigenvalue weighted by molar-refractivity contribution is 5.21. The summed E-state index contributed by atoms with van der Waals surface area (Å²) < 4.78 is 39.2. The van der Waals surface area contributed by atoms with Crippen LogP contribution in [0.15, 0.2) is 24.3 Å². The quantitative estimate of drug-likeness (QED) is 0.809. The Kier molecular flexibility index (Phi) is 4.96. The third kappa shape index (κ3) is 4.02. The van der Waals surface area contributed by atoms with Crippen LogP contribution in [0.2, 0.25) is 0 Å². The van der Waals surface area contributed by atoms with Gasteiger partial charge in [0.15, 0.2) is 0 Å². The largest absolute Gasteiger partial charge is 0.390 e. The van der Waals surface area contributed by atoms with E-state index in [4.69, 9.17) is 5.11 Å². The molecule has 0 heterocycles. The Hall–Kier alpha value is -1.07. The molecule has 0 spiro atoms. The monoisotopic (exact) mass is 247 g/mol. The topological polar surface area (TPSA) is 32.3 Å². The Morgan fingerprint density at radius 3 is 2.53 bits per heavy atom. The van der Waals surface area contributed by atoms with Crippen LogP contribution in [0, 0.1) is 5.82 Å². The van der Waals surface area contributed by atoms with E-state index in [2.05, 4.69) is 5.32 Å². The maximum Gasteiger partial charge on any atom is 0.282 e. The summed E-state index contributed by atoms with van der Waals surface area (Å²) in [4.78, 5) is 0. The van der Waals surface area contributed by atoms with Crippen LogP contribution in [0.25, 0.3) is 0 Å². The zero-order chi connectivity index (χ0) is 12.9. The first-order valence-corrected chi connectivity index (χ1v) is 5.46. The molecule has 17 heavy (non-hydrogen) atoms. The Balaban J connectivity index is 2.70. The van der Waals surface area contributed by atoms with Gasteiger partial charge < -0.3 is 10.4 Å². The lowest BCUT2D eigenvalue weighted by Crippen LogP contribution is -2.37. The number of halogens is 3. The number of hydrogen-bond donors (Lipinski definition) is 2. The highest BCUT2D eigenvalue weighted by atomic mass is 19.3. The smallest absolute Gasteiger partial charge is 0.282 e. The van der Waals surface area contributed by atoms with E-state index in [9.17, 15) is 13.2 Å². The average molecular weight is 247 g/mol. The maximum absolute atomic E-state index is 13.5. The zero-order valence-corrected chi connectivity index (χ0v) is 9.59. The molecule has 0 aliphatic carbocycles. The number of hydrogen-bond acceptors (Lipinski definition) is 2. The number of alkyl halides is 2. The first kappa shape index (κ1) is 14.0. The SMILES string of the molecule is CCC(NCC(F)(F)CO)c1ccccc1F. The zero-order valence-electron chi connectivity index (χ0n) is 9.59. The number of benzene rings is 1. The van der Waals surface area contributed by atoms with Gasteiger partial charge in [0.2, 0.25) is 0 Å². The molecule has 0 saturated heterocycles. The van der Waals surface area contributed by atoms with Crippen molar-refractivity contribution in [2.75, 3.05) is 13.2 Å². The predicted octanol–water partition coefficient (Wildman–Crippen LogP) is 2.49. The molecule has 0 fully saturated rings. The van der Waals surface area contributed by atoms with Crippen LogP contribution >= 0.6 is 0 Å². The Labute approximate surface area is 98.5 Å².